The summed E-state index contributed by atoms with van der Waals surface area (Å²) in [5.41, 5.74) is 2.45. The van der Waals surface area contributed by atoms with Crippen molar-refractivity contribution in [2.45, 2.75) is 11.4 Å². The maximum absolute atomic E-state index is 12.3. The van der Waals surface area contributed by atoms with Gasteiger partial charge in [-0.05, 0) is 42.0 Å². The van der Waals surface area contributed by atoms with E-state index in [4.69, 9.17) is 4.42 Å². The Morgan fingerprint density at radius 1 is 0.714 bits per heavy atom. The van der Waals surface area contributed by atoms with Crippen LogP contribution in [0.3, 0.4) is 0 Å². The molecule has 28 heavy (non-hydrogen) atoms. The average Bonchev–Trinajstić information content (AvgIpc) is 3.24. The molecule has 4 rings (SSSR count). The van der Waals surface area contributed by atoms with Gasteiger partial charge in [-0.15, -0.1) is 10.2 Å². The summed E-state index contributed by atoms with van der Waals surface area (Å²) < 4.78 is 32.9. The molecule has 0 saturated heterocycles. The van der Waals surface area contributed by atoms with Crippen LogP contribution >= 0.6 is 0 Å². The van der Waals surface area contributed by atoms with Gasteiger partial charge in [-0.2, -0.15) is 0 Å². The van der Waals surface area contributed by atoms with Crippen molar-refractivity contribution in [1.82, 2.24) is 14.9 Å². The normalized spacial score (nSPS) is 11.4. The first-order chi connectivity index (χ1) is 13.6. The highest BCUT2D eigenvalue weighted by Gasteiger charge is 2.13. The van der Waals surface area contributed by atoms with Crippen LogP contribution in [0.2, 0.25) is 0 Å². The second-order valence-corrected chi connectivity index (χ2v) is 7.88. The molecule has 0 bridgehead atoms. The first-order valence-electron chi connectivity index (χ1n) is 8.65. The van der Waals surface area contributed by atoms with E-state index in [1.165, 1.54) is 0 Å². The molecule has 0 aliphatic rings. The number of benzene rings is 3. The maximum atomic E-state index is 12.3. The molecular formula is C21H17N3O3S. The largest absolute Gasteiger partial charge is 0.416 e. The fourth-order valence-corrected chi connectivity index (χ4v) is 3.70. The van der Waals surface area contributed by atoms with Crippen molar-refractivity contribution in [1.29, 1.82) is 0 Å². The van der Waals surface area contributed by atoms with Crippen LogP contribution in [-0.4, -0.2) is 18.6 Å². The van der Waals surface area contributed by atoms with E-state index in [1.807, 2.05) is 54.6 Å². The van der Waals surface area contributed by atoms with Crippen LogP contribution in [-0.2, 0) is 16.6 Å². The number of sulfonamides is 1. The van der Waals surface area contributed by atoms with Gasteiger partial charge in [0, 0.05) is 17.7 Å². The fourth-order valence-electron chi connectivity index (χ4n) is 2.66. The zero-order valence-electron chi connectivity index (χ0n) is 14.8. The molecule has 4 aromatic rings. The van der Waals surface area contributed by atoms with Gasteiger partial charge in [0.25, 0.3) is 0 Å². The third-order valence-corrected chi connectivity index (χ3v) is 5.58. The minimum absolute atomic E-state index is 0.191. The van der Waals surface area contributed by atoms with E-state index in [9.17, 15) is 8.42 Å². The third kappa shape index (κ3) is 4.00. The van der Waals surface area contributed by atoms with Crippen LogP contribution in [0.5, 0.6) is 0 Å². The Morgan fingerprint density at radius 3 is 1.86 bits per heavy atom. The Kier molecular flexibility index (Phi) is 5.01. The number of nitrogens with one attached hydrogen (secondary N) is 1. The van der Waals surface area contributed by atoms with Crippen LogP contribution in [0, 0.1) is 0 Å². The molecule has 140 valence electrons. The number of nitrogens with zero attached hydrogens (tertiary/aromatic N) is 2. The molecule has 1 N–H and O–H groups in total. The number of hydrogen-bond acceptors (Lipinski definition) is 5. The van der Waals surface area contributed by atoms with Crippen molar-refractivity contribution < 1.29 is 12.8 Å². The van der Waals surface area contributed by atoms with Crippen LogP contribution in [0.1, 0.15) is 5.56 Å². The average molecular weight is 391 g/mol. The summed E-state index contributed by atoms with van der Waals surface area (Å²) in [4.78, 5) is 0.242. The molecule has 6 nitrogen and oxygen atoms in total. The summed E-state index contributed by atoms with van der Waals surface area (Å²) in [5.74, 6) is 0.866. The zero-order valence-corrected chi connectivity index (χ0v) is 15.6. The molecule has 0 aliphatic heterocycles. The van der Waals surface area contributed by atoms with E-state index < -0.39 is 10.0 Å². The van der Waals surface area contributed by atoms with Gasteiger partial charge in [0.15, 0.2) is 0 Å². The van der Waals surface area contributed by atoms with Gasteiger partial charge in [0.05, 0.1) is 4.90 Å². The van der Waals surface area contributed by atoms with Crippen LogP contribution < -0.4 is 4.72 Å². The van der Waals surface area contributed by atoms with E-state index in [1.54, 1.807) is 30.3 Å². The molecular weight excluding hydrogens is 374 g/mol. The first kappa shape index (κ1) is 18.1. The molecule has 0 spiro atoms. The molecule has 0 atom stereocenters. The Bertz CT molecular complexity index is 1160. The van der Waals surface area contributed by atoms with Gasteiger partial charge in [0.1, 0.15) is 0 Å². The molecule has 0 aliphatic carbocycles. The van der Waals surface area contributed by atoms with E-state index in [2.05, 4.69) is 14.9 Å². The number of hydrogen-bond donors (Lipinski definition) is 1. The predicted octanol–water partition coefficient (Wildman–Crippen LogP) is 3.88. The van der Waals surface area contributed by atoms with Crippen molar-refractivity contribution in [3.05, 3.63) is 90.5 Å². The lowest BCUT2D eigenvalue weighted by molar-refractivity contribution is 0.580. The highest BCUT2D eigenvalue weighted by Crippen LogP contribution is 2.24. The van der Waals surface area contributed by atoms with Gasteiger partial charge in [-0.3, -0.25) is 0 Å². The Morgan fingerprint density at radius 2 is 1.25 bits per heavy atom. The molecule has 0 fully saturated rings. The van der Waals surface area contributed by atoms with E-state index in [0.717, 1.165) is 16.7 Å². The smallest absolute Gasteiger partial charge is 0.248 e. The summed E-state index contributed by atoms with van der Waals surface area (Å²) in [5, 5.41) is 8.17. The highest BCUT2D eigenvalue weighted by atomic mass is 32.2. The standard InChI is InChI=1S/C21H17N3O3S/c25-28(26,19-9-5-2-6-10-19)22-15-16-11-13-18(14-12-16)21-24-23-20(27-21)17-7-3-1-4-8-17/h1-14,22H,15H2. The van der Waals surface area contributed by atoms with Gasteiger partial charge >= 0.3 is 0 Å². The molecule has 1 heterocycles. The zero-order chi connectivity index (χ0) is 19.4. The summed E-state index contributed by atoms with van der Waals surface area (Å²) >= 11 is 0. The molecule has 7 heteroatoms. The maximum Gasteiger partial charge on any atom is 0.248 e. The topological polar surface area (TPSA) is 85.1 Å². The Labute approximate surface area is 162 Å². The van der Waals surface area contributed by atoms with Crippen molar-refractivity contribution in [2.75, 3.05) is 0 Å². The monoisotopic (exact) mass is 391 g/mol. The number of rotatable bonds is 6. The van der Waals surface area contributed by atoms with Crippen molar-refractivity contribution in [3.63, 3.8) is 0 Å². The number of aromatic nitrogens is 2. The fraction of sp³-hybridized carbons (Fsp3) is 0.0476. The molecule has 1 aromatic heterocycles. The lowest BCUT2D eigenvalue weighted by atomic mass is 10.1. The second kappa shape index (κ2) is 7.75. The summed E-state index contributed by atoms with van der Waals surface area (Å²) in [6.45, 7) is 0.191. The van der Waals surface area contributed by atoms with Crippen LogP contribution in [0.15, 0.2) is 94.2 Å². The molecule has 0 amide bonds. The molecule has 3 aromatic carbocycles. The Balaban J connectivity index is 1.45. The third-order valence-electron chi connectivity index (χ3n) is 4.17. The van der Waals surface area contributed by atoms with Crippen molar-refractivity contribution >= 4 is 10.0 Å². The first-order valence-corrected chi connectivity index (χ1v) is 10.1. The summed E-state index contributed by atoms with van der Waals surface area (Å²) in [6, 6.07) is 25.1. The minimum Gasteiger partial charge on any atom is -0.416 e. The minimum atomic E-state index is -3.54. The SMILES string of the molecule is O=S(=O)(NCc1ccc(-c2nnc(-c3ccccc3)o2)cc1)c1ccccc1. The van der Waals surface area contributed by atoms with Gasteiger partial charge in [-0.1, -0.05) is 48.5 Å². The predicted molar refractivity (Wildman–Crippen MR) is 106 cm³/mol. The van der Waals surface area contributed by atoms with E-state index in [0.29, 0.717) is 11.8 Å². The van der Waals surface area contributed by atoms with E-state index >= 15 is 0 Å². The lowest BCUT2D eigenvalue weighted by Gasteiger charge is -2.07. The molecule has 0 unspecified atom stereocenters. The van der Waals surface area contributed by atoms with Crippen molar-refractivity contribution in [2.24, 2.45) is 0 Å². The van der Waals surface area contributed by atoms with Crippen molar-refractivity contribution in [3.8, 4) is 22.9 Å². The van der Waals surface area contributed by atoms with Gasteiger partial charge in [-0.25, -0.2) is 13.1 Å². The van der Waals surface area contributed by atoms with E-state index in [-0.39, 0.29) is 11.4 Å². The quantitative estimate of drug-likeness (QED) is 0.539. The van der Waals surface area contributed by atoms with Crippen LogP contribution in [0.4, 0.5) is 0 Å². The second-order valence-electron chi connectivity index (χ2n) is 6.11. The lowest BCUT2D eigenvalue weighted by Crippen LogP contribution is -2.23. The van der Waals surface area contributed by atoms with Gasteiger partial charge < -0.3 is 4.42 Å². The van der Waals surface area contributed by atoms with Crippen LogP contribution in [0.25, 0.3) is 22.9 Å². The molecule has 0 radical (unpaired) electrons. The molecule has 0 saturated carbocycles. The summed E-state index contributed by atoms with van der Waals surface area (Å²) in [6.07, 6.45) is 0. The highest BCUT2D eigenvalue weighted by molar-refractivity contribution is 7.89. The summed E-state index contributed by atoms with van der Waals surface area (Å²) in [7, 11) is -3.54. The Hall–Kier alpha value is -3.29. The van der Waals surface area contributed by atoms with Gasteiger partial charge in [0.2, 0.25) is 21.8 Å².